The van der Waals surface area contributed by atoms with E-state index >= 15 is 0 Å². The van der Waals surface area contributed by atoms with Gasteiger partial charge < -0.3 is 5.32 Å². The van der Waals surface area contributed by atoms with E-state index in [0.29, 0.717) is 5.16 Å². The third-order valence-corrected chi connectivity index (χ3v) is 3.88. The molecule has 6 nitrogen and oxygen atoms in total. The Morgan fingerprint density at radius 2 is 2.32 bits per heavy atom. The Hall–Kier alpha value is -1.41. The van der Waals surface area contributed by atoms with Crippen LogP contribution < -0.4 is 5.32 Å². The smallest absolute Gasteiger partial charge is 0.234 e. The van der Waals surface area contributed by atoms with Crippen LogP contribution in [0.3, 0.4) is 0 Å². The number of halogens is 1. The predicted molar refractivity (Wildman–Crippen MR) is 77.0 cm³/mol. The number of anilines is 1. The van der Waals surface area contributed by atoms with Crippen molar-refractivity contribution in [2.24, 2.45) is 7.05 Å². The molecule has 0 unspecified atom stereocenters. The van der Waals surface area contributed by atoms with Crippen LogP contribution in [0.2, 0.25) is 0 Å². The Morgan fingerprint density at radius 3 is 2.95 bits per heavy atom. The summed E-state index contributed by atoms with van der Waals surface area (Å²) >= 11 is 4.68. The van der Waals surface area contributed by atoms with Crippen molar-refractivity contribution in [3.8, 4) is 0 Å². The second-order valence-corrected chi connectivity index (χ2v) is 5.74. The van der Waals surface area contributed by atoms with Gasteiger partial charge in [-0.1, -0.05) is 27.7 Å². The maximum atomic E-state index is 11.8. The number of amides is 1. The van der Waals surface area contributed by atoms with Crippen molar-refractivity contribution in [1.82, 2.24) is 20.2 Å². The van der Waals surface area contributed by atoms with E-state index < -0.39 is 0 Å². The topological polar surface area (TPSA) is 72.7 Å². The number of tetrazole rings is 1. The second-order valence-electron chi connectivity index (χ2n) is 3.88. The molecule has 1 amide bonds. The van der Waals surface area contributed by atoms with Gasteiger partial charge in [0.05, 0.1) is 5.75 Å². The van der Waals surface area contributed by atoms with Crippen molar-refractivity contribution in [2.75, 3.05) is 11.1 Å². The summed E-state index contributed by atoms with van der Waals surface area (Å²) in [4.78, 5) is 11.8. The molecule has 0 bridgehead atoms. The highest BCUT2D eigenvalue weighted by atomic mass is 79.9. The third kappa shape index (κ3) is 3.77. The van der Waals surface area contributed by atoms with Crippen LogP contribution in [0.25, 0.3) is 0 Å². The fraction of sp³-hybridized carbons (Fsp3) is 0.273. The van der Waals surface area contributed by atoms with Crippen molar-refractivity contribution in [2.45, 2.75) is 12.1 Å². The molecule has 1 N–H and O–H groups in total. The molecular weight excluding hydrogens is 330 g/mol. The van der Waals surface area contributed by atoms with E-state index in [1.165, 1.54) is 16.4 Å². The number of aryl methyl sites for hydroxylation is 2. The number of rotatable bonds is 4. The molecule has 0 radical (unpaired) electrons. The van der Waals surface area contributed by atoms with E-state index in [0.717, 1.165) is 15.7 Å². The largest absolute Gasteiger partial charge is 0.325 e. The zero-order valence-electron chi connectivity index (χ0n) is 10.4. The van der Waals surface area contributed by atoms with Gasteiger partial charge in [0.25, 0.3) is 0 Å². The van der Waals surface area contributed by atoms with E-state index in [4.69, 9.17) is 0 Å². The lowest BCUT2D eigenvalue weighted by molar-refractivity contribution is -0.113. The highest BCUT2D eigenvalue weighted by Gasteiger charge is 2.09. The van der Waals surface area contributed by atoms with Crippen LogP contribution in [-0.4, -0.2) is 31.9 Å². The Kier molecular flexibility index (Phi) is 4.54. The average Bonchev–Trinajstić information content (AvgIpc) is 2.76. The standard InChI is InChI=1S/C11H12BrN5OS/c1-7-5-8(12)3-4-9(7)13-10(18)6-19-11-14-15-16-17(11)2/h3-5H,6H2,1-2H3,(H,13,18). The highest BCUT2D eigenvalue weighted by molar-refractivity contribution is 9.10. The predicted octanol–water partition coefficient (Wildman–Crippen LogP) is 2.01. The Morgan fingerprint density at radius 1 is 1.53 bits per heavy atom. The monoisotopic (exact) mass is 341 g/mol. The highest BCUT2D eigenvalue weighted by Crippen LogP contribution is 2.20. The first-order chi connectivity index (χ1) is 9.06. The molecule has 1 heterocycles. The summed E-state index contributed by atoms with van der Waals surface area (Å²) in [6.45, 7) is 1.94. The molecule has 1 aromatic carbocycles. The molecule has 100 valence electrons. The summed E-state index contributed by atoms with van der Waals surface area (Å²) in [5, 5.41) is 14.5. The molecule has 0 aliphatic carbocycles. The maximum absolute atomic E-state index is 11.8. The van der Waals surface area contributed by atoms with Gasteiger partial charge in [0.1, 0.15) is 0 Å². The van der Waals surface area contributed by atoms with E-state index in [1.54, 1.807) is 7.05 Å². The molecule has 0 saturated heterocycles. The van der Waals surface area contributed by atoms with Gasteiger partial charge in [-0.25, -0.2) is 4.68 Å². The second kappa shape index (κ2) is 6.16. The van der Waals surface area contributed by atoms with Crippen LogP contribution in [0.5, 0.6) is 0 Å². The van der Waals surface area contributed by atoms with Gasteiger partial charge in [0, 0.05) is 17.2 Å². The van der Waals surface area contributed by atoms with Crippen molar-refractivity contribution in [3.63, 3.8) is 0 Å². The third-order valence-electron chi connectivity index (χ3n) is 2.38. The molecule has 2 aromatic rings. The zero-order valence-corrected chi connectivity index (χ0v) is 12.8. The molecule has 0 fully saturated rings. The van der Waals surface area contributed by atoms with Gasteiger partial charge in [-0.3, -0.25) is 4.79 Å². The van der Waals surface area contributed by atoms with Gasteiger partial charge >= 0.3 is 0 Å². The quantitative estimate of drug-likeness (QED) is 0.861. The lowest BCUT2D eigenvalue weighted by Gasteiger charge is -2.08. The fourth-order valence-electron chi connectivity index (χ4n) is 1.43. The lowest BCUT2D eigenvalue weighted by atomic mass is 10.2. The molecule has 19 heavy (non-hydrogen) atoms. The number of thioether (sulfide) groups is 1. The first-order valence-corrected chi connectivity index (χ1v) is 7.25. The lowest BCUT2D eigenvalue weighted by Crippen LogP contribution is -2.15. The normalized spacial score (nSPS) is 10.5. The summed E-state index contributed by atoms with van der Waals surface area (Å²) in [5.74, 6) is 0.183. The van der Waals surface area contributed by atoms with Crippen LogP contribution in [-0.2, 0) is 11.8 Å². The minimum absolute atomic E-state index is 0.0848. The molecule has 0 atom stereocenters. The summed E-state index contributed by atoms with van der Waals surface area (Å²) in [5.41, 5.74) is 1.82. The zero-order chi connectivity index (χ0) is 13.8. The van der Waals surface area contributed by atoms with Crippen LogP contribution >= 0.6 is 27.7 Å². The minimum Gasteiger partial charge on any atom is -0.325 e. The Labute approximate surface area is 123 Å². The van der Waals surface area contributed by atoms with Crippen LogP contribution in [0.1, 0.15) is 5.56 Å². The van der Waals surface area contributed by atoms with Gasteiger partial charge in [-0.15, -0.1) is 5.10 Å². The van der Waals surface area contributed by atoms with Crippen molar-refractivity contribution < 1.29 is 4.79 Å². The number of aromatic nitrogens is 4. The number of hydrogen-bond acceptors (Lipinski definition) is 5. The number of carbonyl (C=O) groups excluding carboxylic acids is 1. The molecule has 0 saturated carbocycles. The summed E-state index contributed by atoms with van der Waals surface area (Å²) in [6.07, 6.45) is 0. The minimum atomic E-state index is -0.0848. The number of benzene rings is 1. The fourth-order valence-corrected chi connectivity index (χ4v) is 2.55. The molecule has 0 aliphatic heterocycles. The SMILES string of the molecule is Cc1cc(Br)ccc1NC(=O)CSc1nnnn1C. The molecule has 0 spiro atoms. The summed E-state index contributed by atoms with van der Waals surface area (Å²) in [6, 6.07) is 5.71. The van der Waals surface area contributed by atoms with Crippen LogP contribution in [0.4, 0.5) is 5.69 Å². The van der Waals surface area contributed by atoms with Crippen LogP contribution in [0, 0.1) is 6.92 Å². The van der Waals surface area contributed by atoms with E-state index in [1.807, 2.05) is 25.1 Å². The number of hydrogen-bond donors (Lipinski definition) is 1. The molecular formula is C11H12BrN5OS. The van der Waals surface area contributed by atoms with Gasteiger partial charge in [-0.2, -0.15) is 0 Å². The molecule has 8 heteroatoms. The Bertz CT molecular complexity index is 601. The summed E-state index contributed by atoms with van der Waals surface area (Å²) < 4.78 is 2.52. The Balaban J connectivity index is 1.93. The first-order valence-electron chi connectivity index (χ1n) is 5.47. The van der Waals surface area contributed by atoms with E-state index in [2.05, 4.69) is 36.8 Å². The van der Waals surface area contributed by atoms with E-state index in [-0.39, 0.29) is 11.7 Å². The number of nitrogens with one attached hydrogen (secondary N) is 1. The molecule has 0 aliphatic rings. The number of nitrogens with zero attached hydrogens (tertiary/aromatic N) is 4. The van der Waals surface area contributed by atoms with Gasteiger partial charge in [-0.05, 0) is 41.1 Å². The molecule has 1 aromatic heterocycles. The maximum Gasteiger partial charge on any atom is 0.234 e. The first kappa shape index (κ1) is 14.0. The van der Waals surface area contributed by atoms with Crippen molar-refractivity contribution in [3.05, 3.63) is 28.2 Å². The van der Waals surface area contributed by atoms with Crippen LogP contribution in [0.15, 0.2) is 27.8 Å². The van der Waals surface area contributed by atoms with Crippen molar-refractivity contribution >= 4 is 39.3 Å². The molecule has 2 rings (SSSR count). The number of carbonyl (C=O) groups is 1. The average molecular weight is 342 g/mol. The summed E-state index contributed by atoms with van der Waals surface area (Å²) in [7, 11) is 1.74. The van der Waals surface area contributed by atoms with E-state index in [9.17, 15) is 4.79 Å². The van der Waals surface area contributed by atoms with Gasteiger partial charge in [0.2, 0.25) is 11.1 Å². The van der Waals surface area contributed by atoms with Crippen molar-refractivity contribution in [1.29, 1.82) is 0 Å². The van der Waals surface area contributed by atoms with Gasteiger partial charge in [0.15, 0.2) is 0 Å².